The fraction of sp³-hybridized carbons (Fsp3) is 1.00. The van der Waals surface area contributed by atoms with E-state index in [0.717, 1.165) is 6.54 Å². The first-order chi connectivity index (χ1) is 5.54. The first-order valence-corrected chi connectivity index (χ1v) is 5.02. The van der Waals surface area contributed by atoms with Gasteiger partial charge in [-0.1, -0.05) is 6.92 Å². The zero-order valence-corrected chi connectivity index (χ0v) is 8.85. The highest BCUT2D eigenvalue weighted by Gasteiger charge is 2.26. The Hall–Kier alpha value is -0.0800. The minimum atomic E-state index is 0.343. The van der Waals surface area contributed by atoms with Crippen molar-refractivity contribution in [1.29, 1.82) is 0 Å². The van der Waals surface area contributed by atoms with Gasteiger partial charge in [-0.15, -0.1) is 0 Å². The Balaban J connectivity index is 2.46. The summed E-state index contributed by atoms with van der Waals surface area (Å²) in [5, 5.41) is 3.53. The Morgan fingerprint density at radius 2 is 2.08 bits per heavy atom. The maximum absolute atomic E-state index is 3.53. The van der Waals surface area contributed by atoms with Crippen LogP contribution in [-0.2, 0) is 0 Å². The van der Waals surface area contributed by atoms with E-state index in [0.29, 0.717) is 11.6 Å². The van der Waals surface area contributed by atoms with Crippen LogP contribution in [0.3, 0.4) is 0 Å². The average Bonchev–Trinajstić information content (AvgIpc) is 2.03. The van der Waals surface area contributed by atoms with Gasteiger partial charge in [0.15, 0.2) is 0 Å². The first kappa shape index (κ1) is 10.0. The van der Waals surface area contributed by atoms with Gasteiger partial charge < -0.3 is 5.32 Å². The lowest BCUT2D eigenvalue weighted by Gasteiger charge is -2.41. The lowest BCUT2D eigenvalue weighted by atomic mass is 10.0. The van der Waals surface area contributed by atoms with Crippen LogP contribution in [0, 0.1) is 0 Å². The van der Waals surface area contributed by atoms with Crippen molar-refractivity contribution in [3.63, 3.8) is 0 Å². The second-order valence-corrected chi connectivity index (χ2v) is 4.68. The smallest absolute Gasteiger partial charge is 0.0193 e. The molecule has 1 heterocycles. The highest BCUT2D eigenvalue weighted by Crippen LogP contribution is 2.15. The fourth-order valence-corrected chi connectivity index (χ4v) is 1.71. The molecule has 0 aromatic heterocycles. The quantitative estimate of drug-likeness (QED) is 0.641. The maximum atomic E-state index is 3.53. The summed E-state index contributed by atoms with van der Waals surface area (Å²) in [6.07, 6.45) is 1.24. The maximum Gasteiger partial charge on any atom is 0.0193 e. The van der Waals surface area contributed by atoms with Crippen LogP contribution < -0.4 is 5.32 Å². The number of nitrogens with one attached hydrogen (secondary N) is 1. The molecule has 0 aliphatic carbocycles. The Morgan fingerprint density at radius 1 is 1.42 bits per heavy atom. The molecule has 12 heavy (non-hydrogen) atoms. The molecule has 1 aliphatic rings. The van der Waals surface area contributed by atoms with Crippen molar-refractivity contribution in [3.8, 4) is 0 Å². The van der Waals surface area contributed by atoms with Crippen LogP contribution in [-0.4, -0.2) is 36.1 Å². The summed E-state index contributed by atoms with van der Waals surface area (Å²) in [5.74, 6) is 0. The molecule has 0 unspecified atom stereocenters. The number of hydrogen-bond donors (Lipinski definition) is 1. The number of hydrogen-bond acceptors (Lipinski definition) is 2. The third-order valence-corrected chi connectivity index (χ3v) is 2.70. The molecule has 2 nitrogen and oxygen atoms in total. The Bertz CT molecular complexity index is 137. The topological polar surface area (TPSA) is 15.3 Å². The molecule has 0 aromatic rings. The van der Waals surface area contributed by atoms with Gasteiger partial charge in [0.2, 0.25) is 0 Å². The van der Waals surface area contributed by atoms with Gasteiger partial charge >= 0.3 is 0 Å². The lowest BCUT2D eigenvalue weighted by molar-refractivity contribution is 0.0947. The normalized spacial score (nSPS) is 27.5. The Morgan fingerprint density at radius 3 is 2.58 bits per heavy atom. The van der Waals surface area contributed by atoms with Crippen LogP contribution in [0.2, 0.25) is 0 Å². The molecule has 1 fully saturated rings. The molecule has 2 heteroatoms. The minimum absolute atomic E-state index is 0.343. The molecule has 0 aromatic carbocycles. The van der Waals surface area contributed by atoms with Crippen LogP contribution in [0.25, 0.3) is 0 Å². The van der Waals surface area contributed by atoms with Crippen LogP contribution in [0.4, 0.5) is 0 Å². The van der Waals surface area contributed by atoms with E-state index in [1.54, 1.807) is 0 Å². The number of piperazine rings is 1. The molecule has 0 radical (unpaired) electrons. The third-order valence-electron chi connectivity index (χ3n) is 2.70. The molecule has 0 bridgehead atoms. The molecule has 1 N–H and O–H groups in total. The first-order valence-electron chi connectivity index (χ1n) is 5.02. The van der Waals surface area contributed by atoms with E-state index in [4.69, 9.17) is 0 Å². The molecular weight excluding hydrogens is 148 g/mol. The van der Waals surface area contributed by atoms with E-state index in [1.165, 1.54) is 19.5 Å². The van der Waals surface area contributed by atoms with Crippen molar-refractivity contribution in [2.75, 3.05) is 19.6 Å². The van der Waals surface area contributed by atoms with Gasteiger partial charge in [-0.3, -0.25) is 4.90 Å². The van der Waals surface area contributed by atoms with Gasteiger partial charge in [0.25, 0.3) is 0 Å². The van der Waals surface area contributed by atoms with Gasteiger partial charge in [0.1, 0.15) is 0 Å². The second kappa shape index (κ2) is 3.75. The molecule has 0 saturated carbocycles. The lowest BCUT2D eigenvalue weighted by Crippen LogP contribution is -2.56. The predicted molar refractivity (Wildman–Crippen MR) is 53.4 cm³/mol. The van der Waals surface area contributed by atoms with Gasteiger partial charge in [0.05, 0.1) is 0 Å². The monoisotopic (exact) mass is 170 g/mol. The third kappa shape index (κ3) is 2.46. The van der Waals surface area contributed by atoms with Gasteiger partial charge in [-0.2, -0.15) is 0 Å². The van der Waals surface area contributed by atoms with Crippen molar-refractivity contribution in [3.05, 3.63) is 0 Å². The SMILES string of the molecule is CC[C@@H]1CN(C(C)(C)C)CCN1. The van der Waals surface area contributed by atoms with Crippen molar-refractivity contribution in [2.24, 2.45) is 0 Å². The van der Waals surface area contributed by atoms with Gasteiger partial charge in [0, 0.05) is 31.2 Å². The molecular formula is C10H22N2. The molecule has 72 valence electrons. The number of rotatable bonds is 1. The van der Waals surface area contributed by atoms with Gasteiger partial charge in [-0.25, -0.2) is 0 Å². The highest BCUT2D eigenvalue weighted by molar-refractivity contribution is 4.85. The van der Waals surface area contributed by atoms with E-state index >= 15 is 0 Å². The molecule has 1 rings (SSSR count). The summed E-state index contributed by atoms with van der Waals surface area (Å²) in [5.41, 5.74) is 0.343. The summed E-state index contributed by atoms with van der Waals surface area (Å²) in [4.78, 5) is 2.57. The minimum Gasteiger partial charge on any atom is -0.311 e. The zero-order valence-electron chi connectivity index (χ0n) is 8.85. The van der Waals surface area contributed by atoms with E-state index in [1.807, 2.05) is 0 Å². The van der Waals surface area contributed by atoms with Crippen LogP contribution in [0.1, 0.15) is 34.1 Å². The van der Waals surface area contributed by atoms with Crippen LogP contribution >= 0.6 is 0 Å². The van der Waals surface area contributed by atoms with E-state index in [9.17, 15) is 0 Å². The van der Waals surface area contributed by atoms with Crippen molar-refractivity contribution in [1.82, 2.24) is 10.2 Å². The van der Waals surface area contributed by atoms with Crippen LogP contribution in [0.5, 0.6) is 0 Å². The predicted octanol–water partition coefficient (Wildman–Crippen LogP) is 1.47. The molecule has 1 saturated heterocycles. The van der Waals surface area contributed by atoms with E-state index in [2.05, 4.69) is 37.9 Å². The number of nitrogens with zero attached hydrogens (tertiary/aromatic N) is 1. The van der Waals surface area contributed by atoms with Crippen molar-refractivity contribution in [2.45, 2.75) is 45.7 Å². The summed E-state index contributed by atoms with van der Waals surface area (Å²) < 4.78 is 0. The summed E-state index contributed by atoms with van der Waals surface area (Å²) >= 11 is 0. The molecule has 0 amide bonds. The Kier molecular flexibility index (Phi) is 3.13. The average molecular weight is 170 g/mol. The zero-order chi connectivity index (χ0) is 9.19. The standard InChI is InChI=1S/C10H22N2/c1-5-9-8-12(7-6-11-9)10(2,3)4/h9,11H,5-8H2,1-4H3/t9-/m1/s1. The highest BCUT2D eigenvalue weighted by atomic mass is 15.2. The second-order valence-electron chi connectivity index (χ2n) is 4.68. The van der Waals surface area contributed by atoms with Gasteiger partial charge in [-0.05, 0) is 27.2 Å². The molecule has 1 atom stereocenters. The van der Waals surface area contributed by atoms with Crippen molar-refractivity contribution < 1.29 is 0 Å². The largest absolute Gasteiger partial charge is 0.311 e. The molecule has 1 aliphatic heterocycles. The van der Waals surface area contributed by atoms with E-state index < -0.39 is 0 Å². The molecule has 0 spiro atoms. The van der Waals surface area contributed by atoms with E-state index in [-0.39, 0.29) is 0 Å². The fourth-order valence-electron chi connectivity index (χ4n) is 1.71. The van der Waals surface area contributed by atoms with Crippen molar-refractivity contribution >= 4 is 0 Å². The summed E-state index contributed by atoms with van der Waals surface area (Å²) in [6, 6.07) is 0.706. The summed E-state index contributed by atoms with van der Waals surface area (Å²) in [6.45, 7) is 12.7. The summed E-state index contributed by atoms with van der Waals surface area (Å²) in [7, 11) is 0. The van der Waals surface area contributed by atoms with Crippen LogP contribution in [0.15, 0.2) is 0 Å². The Labute approximate surface area is 76.3 Å².